The molecule has 2 aliphatic rings. The van der Waals surface area contributed by atoms with E-state index in [9.17, 15) is 9.90 Å². The number of carbonyl (C=O) groups excluding carboxylic acids is 1. The molecule has 0 bridgehead atoms. The smallest absolute Gasteiger partial charge is 0.184 e. The van der Waals surface area contributed by atoms with Gasteiger partial charge in [0.2, 0.25) is 0 Å². The zero-order chi connectivity index (χ0) is 25.0. The quantitative estimate of drug-likeness (QED) is 0.701. The number of carbonyl (C=O) groups is 1. The molecule has 184 valence electrons. The predicted octanol–water partition coefficient (Wildman–Crippen LogP) is 3.86. The van der Waals surface area contributed by atoms with Gasteiger partial charge in [0.25, 0.3) is 0 Å². The molecule has 1 N–H and O–H groups in total. The molecule has 0 aromatic heterocycles. The van der Waals surface area contributed by atoms with Crippen LogP contribution in [0.5, 0.6) is 34.5 Å². The van der Waals surface area contributed by atoms with Crippen LogP contribution in [-0.2, 0) is 4.79 Å². The van der Waals surface area contributed by atoms with Crippen LogP contribution in [0.2, 0.25) is 0 Å². The predicted molar refractivity (Wildman–Crippen MR) is 125 cm³/mol. The fraction of sp³-hybridized carbons (Fsp3) is 0.500. The van der Waals surface area contributed by atoms with E-state index >= 15 is 0 Å². The first-order valence-corrected chi connectivity index (χ1v) is 11.1. The normalized spacial score (nSPS) is 24.1. The van der Waals surface area contributed by atoms with Gasteiger partial charge in [-0.3, -0.25) is 4.79 Å². The molecule has 2 aromatic rings. The summed E-state index contributed by atoms with van der Waals surface area (Å²) in [4.78, 5) is 13.9. The third-order valence-electron chi connectivity index (χ3n) is 6.75. The van der Waals surface area contributed by atoms with Crippen LogP contribution in [-0.4, -0.2) is 56.6 Å². The summed E-state index contributed by atoms with van der Waals surface area (Å²) in [7, 11) is 6.17. The zero-order valence-electron chi connectivity index (χ0n) is 20.8. The molecule has 4 rings (SSSR count). The Bertz CT molecular complexity index is 1120. The lowest BCUT2D eigenvalue weighted by atomic mass is 9.67. The van der Waals surface area contributed by atoms with Crippen LogP contribution in [0.25, 0.3) is 0 Å². The Labute approximate surface area is 199 Å². The SMILES string of the molecule is COc1cc2c(cc1OC)[C@@H]([C@@H]1C(=O)C(C)(C)Oc3cc(OC)c(OC)cc31)[C@H](O)C(C)(C)O2. The highest BCUT2D eigenvalue weighted by molar-refractivity contribution is 5.96. The van der Waals surface area contributed by atoms with Crippen LogP contribution in [0, 0.1) is 0 Å². The Balaban J connectivity index is 2.00. The van der Waals surface area contributed by atoms with Crippen LogP contribution in [0.1, 0.15) is 50.7 Å². The number of aliphatic hydroxyl groups excluding tert-OH is 1. The molecule has 8 heteroatoms. The number of ketones is 1. The van der Waals surface area contributed by atoms with Gasteiger partial charge in [-0.25, -0.2) is 0 Å². The summed E-state index contributed by atoms with van der Waals surface area (Å²) in [6.07, 6.45) is -1.01. The minimum atomic E-state index is -1.13. The van der Waals surface area contributed by atoms with Gasteiger partial charge in [0.05, 0.1) is 34.4 Å². The number of hydrogen-bond donors (Lipinski definition) is 1. The van der Waals surface area contributed by atoms with E-state index in [2.05, 4.69) is 0 Å². The van der Waals surface area contributed by atoms with Crippen molar-refractivity contribution >= 4 is 5.78 Å². The highest BCUT2D eigenvalue weighted by Gasteiger charge is 2.54. The summed E-state index contributed by atoms with van der Waals surface area (Å²) in [6.45, 7) is 7.06. The minimum Gasteiger partial charge on any atom is -0.493 e. The first-order chi connectivity index (χ1) is 16.0. The van der Waals surface area contributed by atoms with E-state index in [-0.39, 0.29) is 5.78 Å². The monoisotopic (exact) mass is 472 g/mol. The van der Waals surface area contributed by atoms with Gasteiger partial charge in [0.15, 0.2) is 34.4 Å². The summed E-state index contributed by atoms with van der Waals surface area (Å²) in [5.41, 5.74) is -0.835. The molecular weight excluding hydrogens is 440 g/mol. The Kier molecular flexibility index (Phi) is 5.84. The number of methoxy groups -OCH3 is 4. The van der Waals surface area contributed by atoms with E-state index in [0.717, 1.165) is 0 Å². The lowest BCUT2D eigenvalue weighted by molar-refractivity contribution is -0.139. The number of hydrogen-bond acceptors (Lipinski definition) is 8. The average molecular weight is 473 g/mol. The molecule has 2 aromatic carbocycles. The average Bonchev–Trinajstić information content (AvgIpc) is 2.79. The molecule has 0 aliphatic carbocycles. The number of rotatable bonds is 5. The second-order valence-electron chi connectivity index (χ2n) is 9.62. The van der Waals surface area contributed by atoms with Gasteiger partial charge in [-0.2, -0.15) is 0 Å². The van der Waals surface area contributed by atoms with Crippen LogP contribution in [0.15, 0.2) is 24.3 Å². The van der Waals surface area contributed by atoms with E-state index in [4.69, 9.17) is 28.4 Å². The second kappa shape index (κ2) is 8.27. The van der Waals surface area contributed by atoms with Crippen molar-refractivity contribution in [2.75, 3.05) is 28.4 Å². The molecule has 8 nitrogen and oxygen atoms in total. The summed E-state index contributed by atoms with van der Waals surface area (Å²) in [6, 6.07) is 6.98. The third kappa shape index (κ3) is 3.60. The molecule has 0 radical (unpaired) electrons. The van der Waals surface area contributed by atoms with Gasteiger partial charge in [-0.15, -0.1) is 0 Å². The highest BCUT2D eigenvalue weighted by atomic mass is 16.5. The van der Waals surface area contributed by atoms with Gasteiger partial charge in [-0.1, -0.05) is 0 Å². The van der Waals surface area contributed by atoms with Crippen molar-refractivity contribution in [2.24, 2.45) is 0 Å². The number of ether oxygens (including phenoxy) is 6. The number of Topliss-reactive ketones (excluding diaryl/α,β-unsaturated/α-hetero) is 1. The lowest BCUT2D eigenvalue weighted by Gasteiger charge is -2.47. The van der Waals surface area contributed by atoms with Gasteiger partial charge in [0, 0.05) is 29.2 Å². The molecule has 0 saturated carbocycles. The second-order valence-corrected chi connectivity index (χ2v) is 9.62. The highest BCUT2D eigenvalue weighted by Crippen LogP contribution is 2.55. The minimum absolute atomic E-state index is 0.158. The summed E-state index contributed by atoms with van der Waals surface area (Å²) in [5, 5.41) is 11.6. The molecule has 0 spiro atoms. The molecule has 2 aliphatic heterocycles. The molecule has 3 atom stereocenters. The fourth-order valence-electron chi connectivity index (χ4n) is 4.94. The fourth-order valence-corrected chi connectivity index (χ4v) is 4.94. The van der Waals surface area contributed by atoms with Crippen molar-refractivity contribution in [3.05, 3.63) is 35.4 Å². The molecular formula is C26H32O8. The summed E-state index contributed by atoms with van der Waals surface area (Å²) in [5.74, 6) is 1.42. The van der Waals surface area contributed by atoms with Gasteiger partial charge in [-0.05, 0) is 39.8 Å². The standard InChI is InChI=1S/C26H32O8/c1-25(2)23(27)21(13-9-17(29-5)19(31-7)11-15(13)33-25)22-14-10-18(30-6)20(32-8)12-16(14)34-26(3,4)24(22)28/h9-12,21-23,27H,1-8H3/t21-,22+,23-/m0/s1. The van der Waals surface area contributed by atoms with Gasteiger partial charge in [0.1, 0.15) is 23.2 Å². The van der Waals surface area contributed by atoms with Crippen molar-refractivity contribution in [3.63, 3.8) is 0 Å². The Morgan fingerprint density at radius 2 is 1.18 bits per heavy atom. The lowest BCUT2D eigenvalue weighted by Crippen LogP contribution is -2.54. The van der Waals surface area contributed by atoms with Gasteiger partial charge >= 0.3 is 0 Å². The van der Waals surface area contributed by atoms with Crippen molar-refractivity contribution < 1.29 is 38.3 Å². The molecule has 34 heavy (non-hydrogen) atoms. The molecule has 0 amide bonds. The number of fused-ring (bicyclic) bond motifs is 2. The third-order valence-corrected chi connectivity index (χ3v) is 6.75. The number of aliphatic hydroxyl groups is 1. The molecule has 2 heterocycles. The van der Waals surface area contributed by atoms with Crippen molar-refractivity contribution in [1.82, 2.24) is 0 Å². The number of benzene rings is 2. The van der Waals surface area contributed by atoms with Crippen LogP contribution >= 0.6 is 0 Å². The van der Waals surface area contributed by atoms with E-state index in [1.165, 1.54) is 7.11 Å². The Morgan fingerprint density at radius 3 is 1.68 bits per heavy atom. The largest absolute Gasteiger partial charge is 0.493 e. The molecule has 0 fully saturated rings. The van der Waals surface area contributed by atoms with Crippen molar-refractivity contribution in [2.45, 2.75) is 56.8 Å². The summed E-state index contributed by atoms with van der Waals surface area (Å²) >= 11 is 0. The molecule has 0 saturated heterocycles. The summed E-state index contributed by atoms with van der Waals surface area (Å²) < 4.78 is 34.2. The van der Waals surface area contributed by atoms with Crippen LogP contribution < -0.4 is 28.4 Å². The van der Waals surface area contributed by atoms with E-state index < -0.39 is 29.1 Å². The topological polar surface area (TPSA) is 92.7 Å². The van der Waals surface area contributed by atoms with Crippen LogP contribution in [0.3, 0.4) is 0 Å². The van der Waals surface area contributed by atoms with E-state index in [1.807, 2.05) is 0 Å². The zero-order valence-corrected chi connectivity index (χ0v) is 20.8. The first-order valence-electron chi connectivity index (χ1n) is 11.1. The Hall–Kier alpha value is -3.13. The van der Waals surface area contributed by atoms with E-state index in [1.54, 1.807) is 73.3 Å². The Morgan fingerprint density at radius 1 is 0.735 bits per heavy atom. The van der Waals surface area contributed by atoms with Crippen molar-refractivity contribution in [1.29, 1.82) is 0 Å². The van der Waals surface area contributed by atoms with Gasteiger partial charge < -0.3 is 33.5 Å². The molecule has 0 unspecified atom stereocenters. The maximum atomic E-state index is 13.9. The maximum absolute atomic E-state index is 13.9. The van der Waals surface area contributed by atoms with Crippen molar-refractivity contribution in [3.8, 4) is 34.5 Å². The van der Waals surface area contributed by atoms with Crippen LogP contribution in [0.4, 0.5) is 0 Å². The van der Waals surface area contributed by atoms with E-state index in [0.29, 0.717) is 45.6 Å². The maximum Gasteiger partial charge on any atom is 0.184 e. The first kappa shape index (κ1) is 24.0.